The minimum Gasteiger partial charge on any atom is -0.375 e. The molecule has 0 bridgehead atoms. The van der Waals surface area contributed by atoms with Crippen LogP contribution in [0.4, 0.5) is 16.5 Å². The molecule has 1 aromatic heterocycles. The Labute approximate surface area is 194 Å². The van der Waals surface area contributed by atoms with Crippen molar-refractivity contribution in [2.24, 2.45) is 0 Å². The van der Waals surface area contributed by atoms with Crippen LogP contribution < -0.4 is 16.0 Å². The highest BCUT2D eigenvalue weighted by Gasteiger charge is 2.27. The smallest absolute Gasteiger partial charge is 0.228 e. The Hall–Kier alpha value is -2.16. The number of aromatic nitrogens is 1. The Morgan fingerprint density at radius 3 is 2.91 bits per heavy atom. The maximum absolute atomic E-state index is 11.6. The van der Waals surface area contributed by atoms with Gasteiger partial charge in [0.25, 0.3) is 0 Å². The molecule has 3 N–H and O–H groups in total. The van der Waals surface area contributed by atoms with Crippen molar-refractivity contribution in [2.75, 3.05) is 61.8 Å². The normalized spacial score (nSPS) is 21.0. The molecule has 32 heavy (non-hydrogen) atoms. The molecular formula is C24H34N6OS. The monoisotopic (exact) mass is 454 g/mol. The average Bonchev–Trinajstić information content (AvgIpc) is 3.36. The van der Waals surface area contributed by atoms with Crippen LogP contribution in [0.15, 0.2) is 18.2 Å². The standard InChI is InChI=1S/C24H34N6OS/c1-2-7-29(19-4-6-21-22(16-19)32-24(25)27-21)11-8-28-9-12-30(13-10-28)18-3-5-20-17(14-18)15-23(31)26-20/h3,5,14,19H,2,4,6-13,15-16H2,1H3,(H2,25,27)(H,26,31). The van der Waals surface area contributed by atoms with E-state index >= 15 is 0 Å². The number of fused-ring (bicyclic) bond motifs is 2. The lowest BCUT2D eigenvalue weighted by Crippen LogP contribution is -2.50. The van der Waals surface area contributed by atoms with Crippen molar-refractivity contribution < 1.29 is 4.79 Å². The fourth-order valence-electron chi connectivity index (χ4n) is 5.37. The van der Waals surface area contributed by atoms with Gasteiger partial charge in [-0.05, 0) is 56.0 Å². The van der Waals surface area contributed by atoms with E-state index in [0.717, 1.165) is 75.0 Å². The predicted molar refractivity (Wildman–Crippen MR) is 132 cm³/mol. The van der Waals surface area contributed by atoms with E-state index in [0.29, 0.717) is 12.5 Å². The summed E-state index contributed by atoms with van der Waals surface area (Å²) >= 11 is 1.68. The lowest BCUT2D eigenvalue weighted by atomic mass is 9.96. The molecule has 1 unspecified atom stereocenters. The second kappa shape index (κ2) is 9.37. The van der Waals surface area contributed by atoms with E-state index in [1.54, 1.807) is 11.3 Å². The molecule has 2 aromatic rings. The van der Waals surface area contributed by atoms with Crippen molar-refractivity contribution in [3.8, 4) is 0 Å². The molecule has 3 heterocycles. The third-order valence-corrected chi connectivity index (χ3v) is 8.06. The minimum absolute atomic E-state index is 0.103. The van der Waals surface area contributed by atoms with E-state index < -0.39 is 0 Å². The van der Waals surface area contributed by atoms with Gasteiger partial charge in [0.2, 0.25) is 5.91 Å². The van der Waals surface area contributed by atoms with Crippen LogP contribution in [0.3, 0.4) is 0 Å². The quantitative estimate of drug-likeness (QED) is 0.670. The molecule has 172 valence electrons. The first-order chi connectivity index (χ1) is 15.6. The molecule has 8 heteroatoms. The molecule has 0 saturated carbocycles. The number of carbonyl (C=O) groups excluding carboxylic acids is 1. The van der Waals surface area contributed by atoms with Crippen LogP contribution in [0, 0.1) is 0 Å². The van der Waals surface area contributed by atoms with Gasteiger partial charge >= 0.3 is 0 Å². The third-order valence-electron chi connectivity index (χ3n) is 7.11. The van der Waals surface area contributed by atoms with Gasteiger partial charge in [-0.15, -0.1) is 11.3 Å². The topological polar surface area (TPSA) is 77.7 Å². The van der Waals surface area contributed by atoms with E-state index in [4.69, 9.17) is 5.73 Å². The number of amides is 1. The number of thiazole rings is 1. The summed E-state index contributed by atoms with van der Waals surface area (Å²) in [5.74, 6) is 0.103. The van der Waals surface area contributed by atoms with Crippen LogP contribution in [0.25, 0.3) is 0 Å². The molecule has 0 radical (unpaired) electrons. The SMILES string of the molecule is CCCN(CCN1CCN(c2ccc3c(c2)CC(=O)N3)CC1)C1CCc2nc(N)sc2C1. The maximum Gasteiger partial charge on any atom is 0.228 e. The van der Waals surface area contributed by atoms with Gasteiger partial charge in [-0.3, -0.25) is 14.6 Å². The number of carbonyl (C=O) groups is 1. The summed E-state index contributed by atoms with van der Waals surface area (Å²) in [6.45, 7) is 9.98. The van der Waals surface area contributed by atoms with Crippen LogP contribution in [0.5, 0.6) is 0 Å². The molecule has 3 aliphatic rings. The number of anilines is 3. The maximum atomic E-state index is 11.6. The van der Waals surface area contributed by atoms with Crippen molar-refractivity contribution in [1.82, 2.24) is 14.8 Å². The van der Waals surface area contributed by atoms with Crippen molar-refractivity contribution in [1.29, 1.82) is 0 Å². The fourth-order valence-corrected chi connectivity index (χ4v) is 6.31. The molecule has 1 fully saturated rings. The molecular weight excluding hydrogens is 420 g/mol. The van der Waals surface area contributed by atoms with Gasteiger partial charge in [-0.1, -0.05) is 6.92 Å². The molecule has 7 nitrogen and oxygen atoms in total. The van der Waals surface area contributed by atoms with Crippen molar-refractivity contribution in [2.45, 2.75) is 45.1 Å². The number of nitrogens with one attached hydrogen (secondary N) is 1. The van der Waals surface area contributed by atoms with Gasteiger partial charge in [0.05, 0.1) is 12.1 Å². The van der Waals surface area contributed by atoms with Gasteiger partial charge in [0, 0.05) is 61.6 Å². The van der Waals surface area contributed by atoms with Gasteiger partial charge in [-0.25, -0.2) is 4.98 Å². The molecule has 5 rings (SSSR count). The second-order valence-electron chi connectivity index (χ2n) is 9.25. The third kappa shape index (κ3) is 4.63. The summed E-state index contributed by atoms with van der Waals surface area (Å²) in [5.41, 5.74) is 10.5. The van der Waals surface area contributed by atoms with Crippen LogP contribution in [0.2, 0.25) is 0 Å². The second-order valence-corrected chi connectivity index (χ2v) is 10.4. The molecule has 1 aromatic carbocycles. The molecule has 1 amide bonds. The first-order valence-electron chi connectivity index (χ1n) is 12.0. The largest absolute Gasteiger partial charge is 0.375 e. The molecule has 0 spiro atoms. The number of hydrogen-bond acceptors (Lipinski definition) is 7. The number of nitrogen functional groups attached to an aromatic ring is 1. The van der Waals surface area contributed by atoms with E-state index in [9.17, 15) is 4.79 Å². The zero-order valence-electron chi connectivity index (χ0n) is 19.0. The van der Waals surface area contributed by atoms with Crippen LogP contribution in [-0.4, -0.2) is 72.5 Å². The number of rotatable bonds is 7. The summed E-state index contributed by atoms with van der Waals surface area (Å²) in [4.78, 5) is 25.3. The van der Waals surface area contributed by atoms with Crippen molar-refractivity contribution in [3.05, 3.63) is 34.3 Å². The van der Waals surface area contributed by atoms with Crippen LogP contribution in [-0.2, 0) is 24.1 Å². The summed E-state index contributed by atoms with van der Waals surface area (Å²) in [6, 6.07) is 7.00. The van der Waals surface area contributed by atoms with Crippen LogP contribution in [0.1, 0.15) is 35.9 Å². The molecule has 2 aliphatic heterocycles. The lowest BCUT2D eigenvalue weighted by molar-refractivity contribution is -0.115. The predicted octanol–water partition coefficient (Wildman–Crippen LogP) is 2.61. The number of aryl methyl sites for hydroxylation is 1. The van der Waals surface area contributed by atoms with E-state index in [1.807, 2.05) is 0 Å². The highest BCUT2D eigenvalue weighted by Crippen LogP contribution is 2.31. The number of nitrogens with two attached hydrogens (primary N) is 1. The van der Waals surface area contributed by atoms with E-state index in [2.05, 4.69) is 50.1 Å². The van der Waals surface area contributed by atoms with E-state index in [-0.39, 0.29) is 5.91 Å². The van der Waals surface area contributed by atoms with E-state index in [1.165, 1.54) is 29.1 Å². The van der Waals surface area contributed by atoms with Gasteiger partial charge in [0.15, 0.2) is 5.13 Å². The summed E-state index contributed by atoms with van der Waals surface area (Å²) in [6.07, 6.45) is 5.06. The highest BCUT2D eigenvalue weighted by atomic mass is 32.1. The Morgan fingerprint density at radius 1 is 1.25 bits per heavy atom. The Kier molecular flexibility index (Phi) is 6.35. The lowest BCUT2D eigenvalue weighted by Gasteiger charge is -2.39. The summed E-state index contributed by atoms with van der Waals surface area (Å²) in [7, 11) is 0. The zero-order valence-corrected chi connectivity index (χ0v) is 19.8. The molecule has 1 saturated heterocycles. The average molecular weight is 455 g/mol. The fraction of sp³-hybridized carbons (Fsp3) is 0.583. The zero-order chi connectivity index (χ0) is 22.1. The Balaban J connectivity index is 1.13. The van der Waals surface area contributed by atoms with Gasteiger partial charge in [0.1, 0.15) is 0 Å². The highest BCUT2D eigenvalue weighted by molar-refractivity contribution is 7.15. The Morgan fingerprint density at radius 2 is 2.09 bits per heavy atom. The first-order valence-corrected chi connectivity index (χ1v) is 12.8. The number of nitrogens with zero attached hydrogens (tertiary/aromatic N) is 4. The van der Waals surface area contributed by atoms with Crippen molar-refractivity contribution >= 4 is 33.8 Å². The van der Waals surface area contributed by atoms with Gasteiger partial charge < -0.3 is 16.0 Å². The first kappa shape index (κ1) is 21.7. The van der Waals surface area contributed by atoms with Crippen molar-refractivity contribution in [3.63, 3.8) is 0 Å². The summed E-state index contributed by atoms with van der Waals surface area (Å²) in [5, 5.41) is 3.65. The number of benzene rings is 1. The number of piperazine rings is 1. The van der Waals surface area contributed by atoms with Gasteiger partial charge in [-0.2, -0.15) is 0 Å². The number of hydrogen-bond donors (Lipinski definition) is 2. The molecule has 1 atom stereocenters. The Bertz CT molecular complexity index is 967. The van der Waals surface area contributed by atoms with Crippen LogP contribution >= 0.6 is 11.3 Å². The summed E-state index contributed by atoms with van der Waals surface area (Å²) < 4.78 is 0. The molecule has 1 aliphatic carbocycles. The minimum atomic E-state index is 0.103.